The Kier molecular flexibility index (Phi) is 6.58. The fourth-order valence-electron chi connectivity index (χ4n) is 4.18. The van der Waals surface area contributed by atoms with Crippen molar-refractivity contribution in [2.24, 2.45) is 0 Å². The van der Waals surface area contributed by atoms with Crippen molar-refractivity contribution in [3.8, 4) is 5.75 Å². The lowest BCUT2D eigenvalue weighted by Crippen LogP contribution is -2.53. The molecule has 164 valence electrons. The number of nitrogens with one attached hydrogen (secondary N) is 1. The first-order chi connectivity index (χ1) is 14.9. The maximum Gasteiger partial charge on any atom is 0.318 e. The number of fused-ring (bicyclic) bond motifs is 1. The van der Waals surface area contributed by atoms with Crippen molar-refractivity contribution in [3.05, 3.63) is 63.6 Å². The summed E-state index contributed by atoms with van der Waals surface area (Å²) >= 11 is 12.0. The van der Waals surface area contributed by atoms with E-state index in [1.807, 2.05) is 36.4 Å². The summed E-state index contributed by atoms with van der Waals surface area (Å²) in [6, 6.07) is 12.1. The minimum atomic E-state index is -0.455. The lowest BCUT2D eigenvalue weighted by Gasteiger charge is -2.31. The van der Waals surface area contributed by atoms with Gasteiger partial charge in [-0.25, -0.2) is 4.79 Å². The average Bonchev–Trinajstić information content (AvgIpc) is 3.24. The molecule has 0 bridgehead atoms. The number of benzene rings is 2. The number of hydrogen-bond acceptors (Lipinski definition) is 3. The number of urea groups is 1. The fraction of sp³-hybridized carbons (Fsp3) is 0.391. The highest BCUT2D eigenvalue weighted by atomic mass is 35.5. The van der Waals surface area contributed by atoms with Crippen molar-refractivity contribution in [1.29, 1.82) is 0 Å². The van der Waals surface area contributed by atoms with Crippen LogP contribution in [0, 0.1) is 0 Å². The molecule has 2 aliphatic rings. The number of carbonyl (C=O) groups excluding carboxylic acids is 2. The molecule has 1 saturated heterocycles. The third-order valence-corrected chi connectivity index (χ3v) is 6.25. The fourth-order valence-corrected chi connectivity index (χ4v) is 4.50. The molecule has 1 N–H and O–H groups in total. The Hall–Kier alpha value is -2.44. The van der Waals surface area contributed by atoms with Crippen LogP contribution in [0.4, 0.5) is 4.79 Å². The molecule has 2 aliphatic heterocycles. The first-order valence-corrected chi connectivity index (χ1v) is 11.1. The lowest BCUT2D eigenvalue weighted by atomic mass is 10.0. The SMILES string of the molecule is CN(Cc1ccc(Cl)cc1)C(=O)[C@H]1CCCN1C(=O)NC1COc2ccc(Cl)cc2C1. The molecule has 0 aromatic heterocycles. The number of amides is 3. The van der Waals surface area contributed by atoms with Crippen LogP contribution in [0.2, 0.25) is 10.0 Å². The van der Waals surface area contributed by atoms with Gasteiger partial charge in [-0.05, 0) is 60.7 Å². The normalized spacial score (nSPS) is 20.0. The number of nitrogens with zero attached hydrogens (tertiary/aromatic N) is 2. The maximum atomic E-state index is 13.1. The summed E-state index contributed by atoms with van der Waals surface area (Å²) in [5.74, 6) is 0.743. The standard InChI is InChI=1S/C23H25Cl2N3O3/c1-27(13-15-4-6-17(24)7-5-15)22(29)20-3-2-10-28(20)23(30)26-19-12-16-11-18(25)8-9-21(16)31-14-19/h4-9,11,19-20H,2-3,10,12-14H2,1H3,(H,26,30)/t19?,20-/m1/s1. The molecule has 1 fully saturated rings. The van der Waals surface area contributed by atoms with E-state index in [-0.39, 0.29) is 18.0 Å². The Balaban J connectivity index is 1.36. The molecule has 2 aromatic carbocycles. The zero-order valence-electron chi connectivity index (χ0n) is 17.3. The highest BCUT2D eigenvalue weighted by Gasteiger charge is 2.36. The van der Waals surface area contributed by atoms with Crippen LogP contribution in [0.1, 0.15) is 24.0 Å². The summed E-state index contributed by atoms with van der Waals surface area (Å²) < 4.78 is 5.77. The number of ether oxygens (including phenoxy) is 1. The van der Waals surface area contributed by atoms with Gasteiger partial charge in [0, 0.05) is 30.2 Å². The lowest BCUT2D eigenvalue weighted by molar-refractivity contribution is -0.134. The Morgan fingerprint density at radius 1 is 1.16 bits per heavy atom. The monoisotopic (exact) mass is 461 g/mol. The Labute approximate surface area is 192 Å². The van der Waals surface area contributed by atoms with Crippen LogP contribution in [-0.2, 0) is 17.8 Å². The van der Waals surface area contributed by atoms with Gasteiger partial charge in [-0.2, -0.15) is 0 Å². The first kappa shape index (κ1) is 21.8. The van der Waals surface area contributed by atoms with Crippen LogP contribution in [-0.4, -0.2) is 54.0 Å². The van der Waals surface area contributed by atoms with Crippen LogP contribution in [0.5, 0.6) is 5.75 Å². The molecule has 1 unspecified atom stereocenters. The highest BCUT2D eigenvalue weighted by molar-refractivity contribution is 6.30. The quantitative estimate of drug-likeness (QED) is 0.744. The number of hydrogen-bond donors (Lipinski definition) is 1. The van der Waals surface area contributed by atoms with Gasteiger partial charge in [0.05, 0.1) is 6.04 Å². The molecule has 4 rings (SSSR count). The highest BCUT2D eigenvalue weighted by Crippen LogP contribution is 2.28. The van der Waals surface area contributed by atoms with E-state index in [0.717, 1.165) is 23.3 Å². The Bertz CT molecular complexity index is 967. The predicted octanol–water partition coefficient (Wildman–Crippen LogP) is 4.13. The number of carbonyl (C=O) groups is 2. The second-order valence-corrected chi connectivity index (χ2v) is 8.96. The minimum absolute atomic E-state index is 0.0559. The van der Waals surface area contributed by atoms with E-state index >= 15 is 0 Å². The van der Waals surface area contributed by atoms with Gasteiger partial charge in [0.25, 0.3) is 0 Å². The largest absolute Gasteiger partial charge is 0.491 e. The van der Waals surface area contributed by atoms with Gasteiger partial charge >= 0.3 is 6.03 Å². The topological polar surface area (TPSA) is 61.9 Å². The van der Waals surface area contributed by atoms with Crippen molar-refractivity contribution in [2.45, 2.75) is 37.9 Å². The van der Waals surface area contributed by atoms with Crippen LogP contribution >= 0.6 is 23.2 Å². The van der Waals surface area contributed by atoms with E-state index in [1.54, 1.807) is 22.9 Å². The van der Waals surface area contributed by atoms with Crippen LogP contribution in [0.15, 0.2) is 42.5 Å². The molecule has 31 heavy (non-hydrogen) atoms. The van der Waals surface area contributed by atoms with Gasteiger partial charge in [-0.3, -0.25) is 4.79 Å². The molecule has 0 spiro atoms. The van der Waals surface area contributed by atoms with Crippen LogP contribution in [0.3, 0.4) is 0 Å². The molecule has 0 aliphatic carbocycles. The van der Waals surface area contributed by atoms with Crippen molar-refractivity contribution in [3.63, 3.8) is 0 Å². The van der Waals surface area contributed by atoms with Gasteiger partial charge in [0.1, 0.15) is 18.4 Å². The van der Waals surface area contributed by atoms with Gasteiger partial charge < -0.3 is 19.9 Å². The van der Waals surface area contributed by atoms with E-state index < -0.39 is 6.04 Å². The van der Waals surface area contributed by atoms with Crippen molar-refractivity contribution >= 4 is 35.1 Å². The Morgan fingerprint density at radius 2 is 1.90 bits per heavy atom. The molecule has 2 heterocycles. The van der Waals surface area contributed by atoms with Gasteiger partial charge in [0.2, 0.25) is 5.91 Å². The third-order valence-electron chi connectivity index (χ3n) is 5.76. The molecule has 8 heteroatoms. The summed E-state index contributed by atoms with van der Waals surface area (Å²) in [5.41, 5.74) is 1.96. The van der Waals surface area contributed by atoms with E-state index in [1.165, 1.54) is 0 Å². The van der Waals surface area contributed by atoms with Gasteiger partial charge in [-0.15, -0.1) is 0 Å². The van der Waals surface area contributed by atoms with E-state index in [0.29, 0.717) is 42.6 Å². The second kappa shape index (κ2) is 9.37. The molecule has 0 radical (unpaired) electrons. The Morgan fingerprint density at radius 3 is 2.68 bits per heavy atom. The number of likely N-dealkylation sites (tertiary alicyclic amines) is 1. The zero-order valence-corrected chi connectivity index (χ0v) is 18.8. The summed E-state index contributed by atoms with van der Waals surface area (Å²) in [4.78, 5) is 29.4. The molecule has 0 saturated carbocycles. The number of likely N-dealkylation sites (N-methyl/N-ethyl adjacent to an activating group) is 1. The summed E-state index contributed by atoms with van der Waals surface area (Å²) in [6.45, 7) is 1.42. The van der Waals surface area contributed by atoms with Crippen molar-refractivity contribution in [2.75, 3.05) is 20.2 Å². The van der Waals surface area contributed by atoms with Gasteiger partial charge in [-0.1, -0.05) is 35.3 Å². The molecular weight excluding hydrogens is 437 g/mol. The van der Waals surface area contributed by atoms with Crippen LogP contribution < -0.4 is 10.1 Å². The minimum Gasteiger partial charge on any atom is -0.491 e. The average molecular weight is 462 g/mol. The number of halogens is 2. The smallest absolute Gasteiger partial charge is 0.318 e. The number of rotatable bonds is 4. The summed E-state index contributed by atoms with van der Waals surface area (Å²) in [6.07, 6.45) is 2.11. The molecule has 2 atom stereocenters. The first-order valence-electron chi connectivity index (χ1n) is 10.4. The molecule has 3 amide bonds. The van der Waals surface area contributed by atoms with E-state index in [4.69, 9.17) is 27.9 Å². The van der Waals surface area contributed by atoms with Crippen molar-refractivity contribution < 1.29 is 14.3 Å². The predicted molar refractivity (Wildman–Crippen MR) is 121 cm³/mol. The van der Waals surface area contributed by atoms with Crippen LogP contribution in [0.25, 0.3) is 0 Å². The molecule has 6 nitrogen and oxygen atoms in total. The van der Waals surface area contributed by atoms with Crippen molar-refractivity contribution in [1.82, 2.24) is 15.1 Å². The maximum absolute atomic E-state index is 13.1. The third kappa shape index (κ3) is 5.08. The second-order valence-electron chi connectivity index (χ2n) is 8.09. The van der Waals surface area contributed by atoms with E-state index in [2.05, 4.69) is 5.32 Å². The summed E-state index contributed by atoms with van der Waals surface area (Å²) in [7, 11) is 1.76. The molecular formula is C23H25Cl2N3O3. The zero-order chi connectivity index (χ0) is 22.0. The van der Waals surface area contributed by atoms with E-state index in [9.17, 15) is 9.59 Å². The molecule has 2 aromatic rings. The van der Waals surface area contributed by atoms with Gasteiger partial charge in [0.15, 0.2) is 0 Å². The summed E-state index contributed by atoms with van der Waals surface area (Å²) in [5, 5.41) is 4.34.